The van der Waals surface area contributed by atoms with Gasteiger partial charge in [-0.15, -0.1) is 0 Å². The second-order valence-corrected chi connectivity index (χ2v) is 7.18. The van der Waals surface area contributed by atoms with Crippen LogP contribution < -0.4 is 0 Å². The highest BCUT2D eigenvalue weighted by Gasteiger charge is 2.37. The molecule has 0 aliphatic carbocycles. The van der Waals surface area contributed by atoms with Crippen LogP contribution in [0.1, 0.15) is 25.0 Å². The molecule has 0 spiro atoms. The van der Waals surface area contributed by atoms with E-state index in [0.29, 0.717) is 28.5 Å². The average molecular weight is 368 g/mol. The van der Waals surface area contributed by atoms with Gasteiger partial charge in [-0.3, -0.25) is 9.59 Å². The molecule has 132 valence electrons. The summed E-state index contributed by atoms with van der Waals surface area (Å²) in [6, 6.07) is 11.1. The van der Waals surface area contributed by atoms with E-state index in [0.717, 1.165) is 12.1 Å². The van der Waals surface area contributed by atoms with E-state index in [1.54, 1.807) is 24.3 Å². The van der Waals surface area contributed by atoms with Crippen LogP contribution in [0.2, 0.25) is 0 Å². The van der Waals surface area contributed by atoms with Crippen molar-refractivity contribution >= 4 is 22.8 Å². The molecule has 1 unspecified atom stereocenters. The first-order chi connectivity index (χ1) is 11.5. The normalized spacial score (nSPS) is 14.0. The van der Waals surface area contributed by atoms with E-state index in [4.69, 9.17) is 0 Å². The Morgan fingerprint density at radius 2 is 1.28 bits per heavy atom. The predicted octanol–water partition coefficient (Wildman–Crippen LogP) is 4.95. The fraction of sp³-hybridized carbons (Fsp3) is 0.222. The van der Waals surface area contributed by atoms with E-state index < -0.39 is 22.5 Å². The first kappa shape index (κ1) is 19.1. The van der Waals surface area contributed by atoms with Gasteiger partial charge in [0.1, 0.15) is 4.75 Å². The first-order valence-corrected chi connectivity index (χ1v) is 8.07. The van der Waals surface area contributed by atoms with Gasteiger partial charge in [0.25, 0.3) is 0 Å². The summed E-state index contributed by atoms with van der Waals surface area (Å²) in [6.45, 7) is 2.73. The molecule has 25 heavy (non-hydrogen) atoms. The smallest absolute Gasteiger partial charge is 0.416 e. The number of carbonyl (C=O) groups excluding carboxylic acids is 1. The highest BCUT2D eigenvalue weighted by molar-refractivity contribution is 8.14. The lowest BCUT2D eigenvalue weighted by Crippen LogP contribution is -2.29. The van der Waals surface area contributed by atoms with Crippen molar-refractivity contribution in [2.24, 2.45) is 0 Å². The molecule has 0 saturated carbocycles. The van der Waals surface area contributed by atoms with Crippen LogP contribution in [0.15, 0.2) is 48.5 Å². The van der Waals surface area contributed by atoms with Gasteiger partial charge in [-0.2, -0.15) is 13.2 Å². The Bertz CT molecular complexity index is 783. The summed E-state index contributed by atoms with van der Waals surface area (Å²) in [5.74, 6) is -1.14. The maximum Gasteiger partial charge on any atom is 0.416 e. The SMILES string of the molecule is CC(=O)SC(C)(C(=O)O)c1ccc(-c2ccc(C(F)(F)F)cc2)cc1. The van der Waals surface area contributed by atoms with Gasteiger partial charge >= 0.3 is 12.1 Å². The zero-order chi connectivity index (χ0) is 18.8. The third-order valence-electron chi connectivity index (χ3n) is 3.74. The summed E-state index contributed by atoms with van der Waals surface area (Å²) in [5, 5.41) is 9.13. The lowest BCUT2D eigenvalue weighted by atomic mass is 9.96. The average Bonchev–Trinajstić information content (AvgIpc) is 2.53. The second-order valence-electron chi connectivity index (χ2n) is 5.58. The van der Waals surface area contributed by atoms with Crippen molar-refractivity contribution in [1.29, 1.82) is 0 Å². The van der Waals surface area contributed by atoms with Crippen LogP contribution in [0.4, 0.5) is 13.2 Å². The molecule has 0 heterocycles. The van der Waals surface area contributed by atoms with Gasteiger partial charge in [-0.25, -0.2) is 0 Å². The van der Waals surface area contributed by atoms with Crippen LogP contribution in [0.5, 0.6) is 0 Å². The molecule has 0 bridgehead atoms. The minimum Gasteiger partial charge on any atom is -0.480 e. The quantitative estimate of drug-likeness (QED) is 0.829. The minimum atomic E-state index is -4.39. The number of alkyl halides is 3. The zero-order valence-electron chi connectivity index (χ0n) is 13.4. The standard InChI is InChI=1S/C18H15F3O3S/c1-11(22)25-17(2,16(23)24)14-7-3-12(4-8-14)13-5-9-15(10-6-13)18(19,20)21/h3-10H,1-2H3,(H,23,24). The Morgan fingerprint density at radius 1 is 0.880 bits per heavy atom. The molecule has 0 aliphatic heterocycles. The summed E-state index contributed by atoms with van der Waals surface area (Å²) in [4.78, 5) is 22.9. The Labute approximate surface area is 146 Å². The van der Waals surface area contributed by atoms with Gasteiger partial charge in [-0.05, 0) is 35.7 Å². The van der Waals surface area contributed by atoms with Gasteiger partial charge in [0.2, 0.25) is 0 Å². The molecule has 2 aromatic rings. The van der Waals surface area contributed by atoms with Crippen molar-refractivity contribution in [1.82, 2.24) is 0 Å². The van der Waals surface area contributed by atoms with Gasteiger partial charge in [0.15, 0.2) is 5.12 Å². The molecular weight excluding hydrogens is 353 g/mol. The molecule has 0 aromatic heterocycles. The predicted molar refractivity (Wildman–Crippen MR) is 90.1 cm³/mol. The third kappa shape index (κ3) is 4.22. The molecule has 0 fully saturated rings. The Morgan fingerprint density at radius 3 is 1.60 bits per heavy atom. The van der Waals surface area contributed by atoms with Crippen molar-refractivity contribution < 1.29 is 27.9 Å². The molecule has 2 aromatic carbocycles. The van der Waals surface area contributed by atoms with Crippen molar-refractivity contribution in [2.45, 2.75) is 24.8 Å². The summed E-state index contributed by atoms with van der Waals surface area (Å²) < 4.78 is 36.4. The van der Waals surface area contributed by atoms with Crippen LogP contribution >= 0.6 is 11.8 Å². The summed E-state index contributed by atoms with van der Waals surface area (Å²) >= 11 is 0.706. The van der Waals surface area contributed by atoms with Crippen molar-refractivity contribution in [3.63, 3.8) is 0 Å². The molecule has 0 amide bonds. The van der Waals surface area contributed by atoms with Crippen LogP contribution in [-0.2, 0) is 20.5 Å². The lowest BCUT2D eigenvalue weighted by molar-refractivity contribution is -0.140. The number of carboxylic acids is 1. The second kappa shape index (κ2) is 6.92. The first-order valence-electron chi connectivity index (χ1n) is 7.25. The van der Waals surface area contributed by atoms with Crippen LogP contribution in [0.3, 0.4) is 0 Å². The highest BCUT2D eigenvalue weighted by atomic mass is 32.2. The molecular formula is C18H15F3O3S. The maximum atomic E-state index is 12.6. The number of benzene rings is 2. The third-order valence-corrected chi connectivity index (χ3v) is 4.84. The van der Waals surface area contributed by atoms with Crippen molar-refractivity contribution in [3.8, 4) is 11.1 Å². The largest absolute Gasteiger partial charge is 0.480 e. The van der Waals surface area contributed by atoms with Gasteiger partial charge in [-0.1, -0.05) is 48.2 Å². The lowest BCUT2D eigenvalue weighted by Gasteiger charge is -2.23. The van der Waals surface area contributed by atoms with E-state index in [9.17, 15) is 27.9 Å². The topological polar surface area (TPSA) is 54.4 Å². The molecule has 1 N–H and O–H groups in total. The molecule has 7 heteroatoms. The van der Waals surface area contributed by atoms with E-state index in [2.05, 4.69) is 0 Å². The number of hydrogen-bond donors (Lipinski definition) is 1. The van der Waals surface area contributed by atoms with Crippen LogP contribution in [0, 0.1) is 0 Å². The summed E-state index contributed by atoms with van der Waals surface area (Å²) in [5.41, 5.74) is 0.925. The monoisotopic (exact) mass is 368 g/mol. The number of rotatable bonds is 4. The fourth-order valence-corrected chi connectivity index (χ4v) is 3.26. The van der Waals surface area contributed by atoms with E-state index in [1.807, 2.05) is 0 Å². The molecule has 2 rings (SSSR count). The summed E-state index contributed by atoms with van der Waals surface area (Å²) in [7, 11) is 0. The maximum absolute atomic E-state index is 12.6. The highest BCUT2D eigenvalue weighted by Crippen LogP contribution is 2.38. The Hall–Kier alpha value is -2.28. The zero-order valence-corrected chi connectivity index (χ0v) is 14.2. The molecule has 1 atom stereocenters. The molecule has 0 saturated heterocycles. The molecule has 0 radical (unpaired) electrons. The van der Waals surface area contributed by atoms with Gasteiger partial charge in [0, 0.05) is 6.92 Å². The number of carbonyl (C=O) groups is 2. The van der Waals surface area contributed by atoms with Crippen molar-refractivity contribution in [3.05, 3.63) is 59.7 Å². The number of aliphatic carboxylic acids is 1. The summed E-state index contributed by atoms with van der Waals surface area (Å²) in [6.07, 6.45) is -4.39. The minimum absolute atomic E-state index is 0.322. The number of carboxylic acid groups (broad SMARTS) is 1. The number of halogens is 3. The Kier molecular flexibility index (Phi) is 5.27. The molecule has 3 nitrogen and oxygen atoms in total. The van der Waals surface area contributed by atoms with E-state index in [1.165, 1.54) is 26.0 Å². The molecule has 0 aliphatic rings. The Balaban J connectivity index is 2.33. The number of thioether (sulfide) groups is 1. The van der Waals surface area contributed by atoms with Gasteiger partial charge < -0.3 is 5.11 Å². The van der Waals surface area contributed by atoms with E-state index >= 15 is 0 Å². The number of hydrogen-bond acceptors (Lipinski definition) is 3. The van der Waals surface area contributed by atoms with Crippen molar-refractivity contribution in [2.75, 3.05) is 0 Å². The van der Waals surface area contributed by atoms with Gasteiger partial charge in [0.05, 0.1) is 5.56 Å². The van der Waals surface area contributed by atoms with Crippen LogP contribution in [0.25, 0.3) is 11.1 Å². The fourth-order valence-electron chi connectivity index (χ4n) is 2.35. The van der Waals surface area contributed by atoms with Crippen LogP contribution in [-0.4, -0.2) is 16.2 Å². The van der Waals surface area contributed by atoms with E-state index in [-0.39, 0.29) is 5.12 Å².